The monoisotopic (exact) mass is 754 g/mol. The van der Waals surface area contributed by atoms with E-state index in [1.165, 1.54) is 20.2 Å². The van der Waals surface area contributed by atoms with Crippen LogP contribution in [0.1, 0.15) is 76.1 Å². The van der Waals surface area contributed by atoms with Crippen molar-refractivity contribution in [1.29, 1.82) is 0 Å². The Morgan fingerprint density at radius 2 is 1.42 bits per heavy atom. The molecule has 4 heterocycles. The van der Waals surface area contributed by atoms with Crippen LogP contribution in [0.4, 0.5) is 14.0 Å². The SMILES string of the molecule is COC(=O)N[C@H](C(=O)N1CCC[C@H]1c1ncc(-c2ccc(-c3ccc(-c4cnc([C@@H]5CCCN5C(=O)[C@H](C5CC5)N(C)C(=O)O)[nH]4)c(F)c3)cc2)[nH]1)C(C)C. The highest BCUT2D eigenvalue weighted by Crippen LogP contribution is 2.40. The van der Waals surface area contributed by atoms with Crippen LogP contribution in [0.15, 0.2) is 54.9 Å². The lowest BCUT2D eigenvalue weighted by Gasteiger charge is -2.31. The summed E-state index contributed by atoms with van der Waals surface area (Å²) in [5, 5.41) is 12.3. The van der Waals surface area contributed by atoms with Gasteiger partial charge in [0.2, 0.25) is 11.8 Å². The molecule has 0 unspecified atom stereocenters. The molecule has 4 atom stereocenters. The van der Waals surface area contributed by atoms with Crippen LogP contribution in [0.2, 0.25) is 0 Å². The van der Waals surface area contributed by atoms with Gasteiger partial charge >= 0.3 is 12.2 Å². The number of methoxy groups -OCH3 is 1. The Hall–Kier alpha value is -5.73. The van der Waals surface area contributed by atoms with Gasteiger partial charge in [0.05, 0.1) is 43.0 Å². The smallest absolute Gasteiger partial charge is 0.407 e. The Morgan fingerprint density at radius 1 is 0.855 bits per heavy atom. The molecule has 0 radical (unpaired) electrons. The van der Waals surface area contributed by atoms with Gasteiger partial charge in [0.15, 0.2) is 0 Å². The number of aromatic amines is 2. The predicted octanol–water partition coefficient (Wildman–Crippen LogP) is 6.37. The first-order chi connectivity index (χ1) is 26.4. The van der Waals surface area contributed by atoms with Crippen LogP contribution in [0.25, 0.3) is 33.6 Å². The minimum absolute atomic E-state index is 0.0265. The van der Waals surface area contributed by atoms with Crippen LogP contribution in [-0.4, -0.2) is 103 Å². The maximum Gasteiger partial charge on any atom is 0.407 e. The molecule has 2 saturated heterocycles. The Labute approximate surface area is 318 Å². The van der Waals surface area contributed by atoms with Gasteiger partial charge in [-0.1, -0.05) is 44.2 Å². The fourth-order valence-electron chi connectivity index (χ4n) is 7.94. The van der Waals surface area contributed by atoms with Gasteiger partial charge in [0, 0.05) is 25.7 Å². The normalized spacial score (nSPS) is 19.4. The summed E-state index contributed by atoms with van der Waals surface area (Å²) in [6.45, 7) is 4.83. The first kappa shape index (κ1) is 37.6. The minimum atomic E-state index is -1.13. The number of hydrogen-bond acceptors (Lipinski definition) is 7. The maximum absolute atomic E-state index is 15.7. The Kier molecular flexibility index (Phi) is 10.6. The predicted molar refractivity (Wildman–Crippen MR) is 201 cm³/mol. The van der Waals surface area contributed by atoms with Crippen molar-refractivity contribution in [2.75, 3.05) is 27.2 Å². The summed E-state index contributed by atoms with van der Waals surface area (Å²) in [6.07, 6.45) is 6.20. The number of ether oxygens (including phenoxy) is 1. The molecule has 2 aliphatic heterocycles. The van der Waals surface area contributed by atoms with Crippen molar-refractivity contribution in [3.05, 3.63) is 72.3 Å². The van der Waals surface area contributed by atoms with Gasteiger partial charge < -0.3 is 34.9 Å². The maximum atomic E-state index is 15.7. The largest absolute Gasteiger partial charge is 0.465 e. The van der Waals surface area contributed by atoms with Gasteiger partial charge in [-0.05, 0) is 79.2 Å². The number of carbonyl (C=O) groups excluding carboxylic acids is 3. The van der Waals surface area contributed by atoms with Crippen molar-refractivity contribution in [1.82, 2.24) is 40.0 Å². The topological polar surface area (TPSA) is 177 Å². The zero-order valence-corrected chi connectivity index (χ0v) is 31.4. The highest BCUT2D eigenvalue weighted by molar-refractivity contribution is 5.87. The van der Waals surface area contributed by atoms with Crippen LogP contribution in [0, 0.1) is 17.7 Å². The third-order valence-corrected chi connectivity index (χ3v) is 11.1. The van der Waals surface area contributed by atoms with E-state index in [0.717, 1.165) is 53.8 Å². The lowest BCUT2D eigenvalue weighted by atomic mass is 10.0. The number of alkyl carbamates (subject to hydrolysis) is 1. The van der Waals surface area contributed by atoms with Crippen molar-refractivity contribution in [3.8, 4) is 33.6 Å². The molecule has 2 aromatic heterocycles. The molecule has 0 spiro atoms. The number of nitrogens with one attached hydrogen (secondary N) is 3. The summed E-state index contributed by atoms with van der Waals surface area (Å²) in [6, 6.07) is 10.7. The van der Waals surface area contributed by atoms with Crippen LogP contribution in [0.3, 0.4) is 0 Å². The molecule has 290 valence electrons. The number of rotatable bonds is 11. The lowest BCUT2D eigenvalue weighted by Crippen LogP contribution is -2.51. The fourth-order valence-corrected chi connectivity index (χ4v) is 7.94. The number of carbonyl (C=O) groups is 4. The molecule has 4 aromatic rings. The number of likely N-dealkylation sites (tertiary alicyclic amines) is 2. The summed E-state index contributed by atoms with van der Waals surface area (Å²) in [4.78, 5) is 71.2. The molecule has 2 aromatic carbocycles. The van der Waals surface area contributed by atoms with E-state index in [1.54, 1.807) is 28.3 Å². The Bertz CT molecular complexity index is 2060. The van der Waals surface area contributed by atoms with E-state index >= 15 is 4.39 Å². The summed E-state index contributed by atoms with van der Waals surface area (Å²) in [5.74, 6) is 0.313. The average molecular weight is 755 g/mol. The first-order valence-corrected chi connectivity index (χ1v) is 18.9. The number of benzene rings is 2. The number of H-pyrrole nitrogens is 2. The average Bonchev–Trinajstić information content (AvgIpc) is 3.66. The van der Waals surface area contributed by atoms with Crippen molar-refractivity contribution in [3.63, 3.8) is 0 Å². The second kappa shape index (κ2) is 15.6. The Morgan fingerprint density at radius 3 is 1.98 bits per heavy atom. The number of aromatic nitrogens is 4. The van der Waals surface area contributed by atoms with E-state index in [4.69, 9.17) is 4.74 Å². The van der Waals surface area contributed by atoms with Crippen LogP contribution < -0.4 is 5.32 Å². The molecule has 4 amide bonds. The standard InChI is InChI=1S/C40H47FN8O6/c1-22(2)33(46-39(52)55-4)37(50)48-17-5-7-31(48)35-42-20-29(44-35)24-11-9-23(10-12-24)26-15-16-27(28(41)19-26)30-21-43-36(45-30)32-8-6-18-49(32)38(51)34(25-13-14-25)47(3)40(53)54/h9-12,15-16,19-22,25,31-34H,5-8,13-14,17-18H2,1-4H3,(H,42,44)(H,43,45)(H,46,52)(H,53,54)/t31-,32-,33-,34-/m0/s1. The highest BCUT2D eigenvalue weighted by Gasteiger charge is 2.45. The number of imidazole rings is 2. The number of hydrogen-bond donors (Lipinski definition) is 4. The zero-order valence-electron chi connectivity index (χ0n) is 31.4. The molecule has 7 rings (SSSR count). The van der Waals surface area contributed by atoms with Gasteiger partial charge in [0.25, 0.3) is 0 Å². The summed E-state index contributed by atoms with van der Waals surface area (Å²) >= 11 is 0. The van der Waals surface area contributed by atoms with E-state index < -0.39 is 30.1 Å². The second-order valence-corrected chi connectivity index (χ2v) is 15.0. The lowest BCUT2D eigenvalue weighted by molar-refractivity contribution is -0.138. The first-order valence-electron chi connectivity index (χ1n) is 18.9. The van der Waals surface area contributed by atoms with Crippen molar-refractivity contribution in [2.45, 2.75) is 76.5 Å². The van der Waals surface area contributed by atoms with Gasteiger partial charge in [0.1, 0.15) is 29.5 Å². The van der Waals surface area contributed by atoms with Gasteiger partial charge in [-0.2, -0.15) is 0 Å². The molecular weight excluding hydrogens is 707 g/mol. The summed E-state index contributed by atoms with van der Waals surface area (Å²) in [7, 11) is 2.72. The van der Waals surface area contributed by atoms with Gasteiger partial charge in [-0.25, -0.2) is 23.9 Å². The molecule has 1 saturated carbocycles. The third-order valence-electron chi connectivity index (χ3n) is 11.1. The molecule has 3 aliphatic rings. The quantitative estimate of drug-likeness (QED) is 0.137. The molecule has 0 bridgehead atoms. The van der Waals surface area contributed by atoms with Crippen LogP contribution in [-0.2, 0) is 14.3 Å². The summed E-state index contributed by atoms with van der Waals surface area (Å²) in [5.41, 5.74) is 4.02. The third kappa shape index (κ3) is 7.64. The number of nitrogens with zero attached hydrogens (tertiary/aromatic N) is 5. The minimum Gasteiger partial charge on any atom is -0.465 e. The molecule has 14 nitrogen and oxygen atoms in total. The van der Waals surface area contributed by atoms with Crippen molar-refractivity contribution >= 4 is 24.0 Å². The number of carboxylic acid groups (broad SMARTS) is 1. The van der Waals surface area contributed by atoms with Crippen molar-refractivity contribution in [2.24, 2.45) is 11.8 Å². The molecule has 55 heavy (non-hydrogen) atoms. The second-order valence-electron chi connectivity index (χ2n) is 15.0. The highest BCUT2D eigenvalue weighted by atomic mass is 19.1. The molecule has 3 fully saturated rings. The van der Waals surface area contributed by atoms with E-state index in [0.29, 0.717) is 48.0 Å². The number of halogens is 1. The van der Waals surface area contributed by atoms with E-state index in [2.05, 4.69) is 25.3 Å². The molecule has 1 aliphatic carbocycles. The summed E-state index contributed by atoms with van der Waals surface area (Å²) < 4.78 is 20.4. The fraction of sp³-hybridized carbons (Fsp3) is 0.450. The number of amides is 4. The zero-order chi connectivity index (χ0) is 39.0. The van der Waals surface area contributed by atoms with E-state index in [-0.39, 0.29) is 35.7 Å². The Balaban J connectivity index is 1.02. The number of likely N-dealkylation sites (N-methyl/N-ethyl adjacent to an activating group) is 1. The van der Waals surface area contributed by atoms with Crippen LogP contribution in [0.5, 0.6) is 0 Å². The van der Waals surface area contributed by atoms with Crippen molar-refractivity contribution < 1.29 is 33.4 Å². The molecule has 15 heteroatoms. The molecule has 4 N–H and O–H groups in total. The van der Waals surface area contributed by atoms with Gasteiger partial charge in [-0.15, -0.1) is 0 Å². The molecular formula is C40H47FN8O6. The van der Waals surface area contributed by atoms with Crippen LogP contribution >= 0.6 is 0 Å². The van der Waals surface area contributed by atoms with Gasteiger partial charge in [-0.3, -0.25) is 14.5 Å². The van der Waals surface area contributed by atoms with E-state index in [1.807, 2.05) is 44.2 Å². The van der Waals surface area contributed by atoms with E-state index in [9.17, 15) is 24.3 Å².